The van der Waals surface area contributed by atoms with Crippen molar-refractivity contribution >= 4 is 17.3 Å². The first-order chi connectivity index (χ1) is 10.3. The molecule has 0 saturated carbocycles. The highest BCUT2D eigenvalue weighted by atomic mass is 16.2. The number of nitrogens with zero attached hydrogens (tertiary/aromatic N) is 2. The Balaban J connectivity index is 2.08. The Hall–Kier alpha value is -2.88. The lowest BCUT2D eigenvalue weighted by atomic mass is 10.0. The molecule has 21 heavy (non-hydrogen) atoms. The molecule has 3 rings (SSSR count). The van der Waals surface area contributed by atoms with E-state index < -0.39 is 0 Å². The molecule has 0 unspecified atom stereocenters. The number of rotatable bonds is 3. The van der Waals surface area contributed by atoms with Crippen LogP contribution in [0.4, 0.5) is 5.69 Å². The van der Waals surface area contributed by atoms with Gasteiger partial charge in [0.1, 0.15) is 5.71 Å². The summed E-state index contributed by atoms with van der Waals surface area (Å²) in [5, 5.41) is 8.86. The summed E-state index contributed by atoms with van der Waals surface area (Å²) in [4.78, 5) is 12.6. The quantitative estimate of drug-likeness (QED) is 0.876. The molecule has 1 amide bonds. The Kier molecular flexibility index (Phi) is 3.51. The Morgan fingerprint density at radius 3 is 2.24 bits per heavy atom. The topological polar surface area (TPSA) is 44.7 Å². The lowest BCUT2D eigenvalue weighted by Crippen LogP contribution is -2.22. The van der Waals surface area contributed by atoms with Crippen LogP contribution in [0.25, 0.3) is 0 Å². The fraction of sp³-hybridized carbons (Fsp3) is 0.0588. The summed E-state index contributed by atoms with van der Waals surface area (Å²) >= 11 is 0. The second-order valence-corrected chi connectivity index (χ2v) is 4.61. The lowest BCUT2D eigenvalue weighted by molar-refractivity contribution is -0.114. The standard InChI is InChI=1S/C17H15N3O/c1-18-12-15-16(13-8-4-2-5-9-13)19-20(17(15)21)14-10-6-3-7-11-14/h2-12,18H,1H3/b15-12+. The summed E-state index contributed by atoms with van der Waals surface area (Å²) in [7, 11) is 1.77. The van der Waals surface area contributed by atoms with Gasteiger partial charge in [-0.25, -0.2) is 0 Å². The molecular weight excluding hydrogens is 262 g/mol. The smallest absolute Gasteiger partial charge is 0.282 e. The molecule has 2 aromatic rings. The molecule has 1 heterocycles. The molecular formula is C17H15N3O. The van der Waals surface area contributed by atoms with Crippen LogP contribution in [0.3, 0.4) is 0 Å². The van der Waals surface area contributed by atoms with Gasteiger partial charge < -0.3 is 5.32 Å². The summed E-state index contributed by atoms with van der Waals surface area (Å²) in [5.74, 6) is -0.130. The van der Waals surface area contributed by atoms with Gasteiger partial charge in [0.25, 0.3) is 5.91 Å². The molecule has 0 bridgehead atoms. The maximum atomic E-state index is 12.6. The van der Waals surface area contributed by atoms with Crippen LogP contribution in [0.1, 0.15) is 5.56 Å². The highest BCUT2D eigenvalue weighted by Gasteiger charge is 2.31. The van der Waals surface area contributed by atoms with Crippen LogP contribution < -0.4 is 10.3 Å². The second kappa shape index (κ2) is 5.63. The number of benzene rings is 2. The van der Waals surface area contributed by atoms with Crippen molar-refractivity contribution < 1.29 is 4.79 Å². The van der Waals surface area contributed by atoms with E-state index in [9.17, 15) is 4.79 Å². The number of hydrogen-bond acceptors (Lipinski definition) is 3. The Morgan fingerprint density at radius 1 is 1.00 bits per heavy atom. The van der Waals surface area contributed by atoms with Crippen LogP contribution in [-0.2, 0) is 4.79 Å². The first kappa shape index (κ1) is 13.1. The zero-order chi connectivity index (χ0) is 14.7. The lowest BCUT2D eigenvalue weighted by Gasteiger charge is -2.10. The van der Waals surface area contributed by atoms with E-state index in [1.54, 1.807) is 13.2 Å². The van der Waals surface area contributed by atoms with Crippen molar-refractivity contribution in [2.45, 2.75) is 0 Å². The van der Waals surface area contributed by atoms with E-state index in [4.69, 9.17) is 0 Å². The van der Waals surface area contributed by atoms with Crippen molar-refractivity contribution in [3.8, 4) is 0 Å². The predicted octanol–water partition coefficient (Wildman–Crippen LogP) is 2.54. The number of carbonyl (C=O) groups is 1. The van der Waals surface area contributed by atoms with Crippen LogP contribution in [-0.4, -0.2) is 18.7 Å². The number of para-hydroxylation sites is 1. The normalized spacial score (nSPS) is 16.2. The molecule has 4 nitrogen and oxygen atoms in total. The number of anilines is 1. The van der Waals surface area contributed by atoms with Gasteiger partial charge in [-0.15, -0.1) is 0 Å². The third-order valence-corrected chi connectivity index (χ3v) is 3.21. The molecule has 0 fully saturated rings. The van der Waals surface area contributed by atoms with E-state index in [0.717, 1.165) is 11.3 Å². The van der Waals surface area contributed by atoms with Crippen LogP contribution in [0.2, 0.25) is 0 Å². The third-order valence-electron chi connectivity index (χ3n) is 3.21. The van der Waals surface area contributed by atoms with Crippen molar-refractivity contribution in [3.63, 3.8) is 0 Å². The largest absolute Gasteiger partial charge is 0.393 e. The van der Waals surface area contributed by atoms with Crippen molar-refractivity contribution in [2.75, 3.05) is 12.1 Å². The summed E-state index contributed by atoms with van der Waals surface area (Å²) < 4.78 is 0. The molecule has 104 valence electrons. The molecule has 1 N–H and O–H groups in total. The van der Waals surface area contributed by atoms with Crippen molar-refractivity contribution in [2.24, 2.45) is 5.10 Å². The first-order valence-corrected chi connectivity index (χ1v) is 6.72. The summed E-state index contributed by atoms with van der Waals surface area (Å²) in [6.07, 6.45) is 1.69. The molecule has 0 saturated heterocycles. The van der Waals surface area contributed by atoms with Gasteiger partial charge >= 0.3 is 0 Å². The van der Waals surface area contributed by atoms with Gasteiger partial charge in [0, 0.05) is 18.8 Å². The molecule has 0 spiro atoms. The summed E-state index contributed by atoms with van der Waals surface area (Å²) in [5.41, 5.74) is 2.92. The Morgan fingerprint density at radius 2 is 1.62 bits per heavy atom. The zero-order valence-electron chi connectivity index (χ0n) is 11.7. The van der Waals surface area contributed by atoms with E-state index in [2.05, 4.69) is 10.4 Å². The number of hydrazone groups is 1. The van der Waals surface area contributed by atoms with Crippen molar-refractivity contribution in [3.05, 3.63) is 78.0 Å². The van der Waals surface area contributed by atoms with Gasteiger partial charge in [-0.2, -0.15) is 10.1 Å². The highest BCUT2D eigenvalue weighted by molar-refractivity contribution is 6.35. The van der Waals surface area contributed by atoms with Gasteiger partial charge in [0.05, 0.1) is 11.3 Å². The zero-order valence-corrected chi connectivity index (χ0v) is 11.7. The van der Waals surface area contributed by atoms with Crippen molar-refractivity contribution in [1.29, 1.82) is 0 Å². The van der Waals surface area contributed by atoms with Gasteiger partial charge in [0.15, 0.2) is 0 Å². The van der Waals surface area contributed by atoms with Gasteiger partial charge in [-0.1, -0.05) is 48.5 Å². The molecule has 1 aliphatic heterocycles. The minimum absolute atomic E-state index is 0.130. The van der Waals surface area contributed by atoms with Gasteiger partial charge in [-0.05, 0) is 12.1 Å². The Labute approximate surface area is 123 Å². The number of carbonyl (C=O) groups excluding carboxylic acids is 1. The number of amides is 1. The minimum Gasteiger partial charge on any atom is -0.393 e. The van der Waals surface area contributed by atoms with E-state index in [0.29, 0.717) is 11.3 Å². The maximum Gasteiger partial charge on any atom is 0.282 e. The molecule has 4 heteroatoms. The Bertz CT molecular complexity index is 705. The monoisotopic (exact) mass is 277 g/mol. The number of hydrogen-bond donors (Lipinski definition) is 1. The molecule has 0 aliphatic carbocycles. The fourth-order valence-electron chi connectivity index (χ4n) is 2.24. The van der Waals surface area contributed by atoms with E-state index in [-0.39, 0.29) is 5.91 Å². The maximum absolute atomic E-state index is 12.6. The van der Waals surface area contributed by atoms with Crippen LogP contribution in [0.5, 0.6) is 0 Å². The SMILES string of the molecule is CN/C=C1/C(=O)N(c2ccccc2)N=C1c1ccccc1. The first-order valence-electron chi connectivity index (χ1n) is 6.72. The molecule has 2 aromatic carbocycles. The second-order valence-electron chi connectivity index (χ2n) is 4.61. The average molecular weight is 277 g/mol. The van der Waals surface area contributed by atoms with Crippen LogP contribution in [0.15, 0.2) is 77.5 Å². The van der Waals surface area contributed by atoms with E-state index in [1.807, 2.05) is 60.7 Å². The fourth-order valence-corrected chi connectivity index (χ4v) is 2.24. The van der Waals surface area contributed by atoms with E-state index >= 15 is 0 Å². The molecule has 0 aromatic heterocycles. The van der Waals surface area contributed by atoms with E-state index in [1.165, 1.54) is 5.01 Å². The molecule has 0 radical (unpaired) electrons. The minimum atomic E-state index is -0.130. The van der Waals surface area contributed by atoms with Crippen molar-refractivity contribution in [1.82, 2.24) is 5.32 Å². The third kappa shape index (κ3) is 2.43. The van der Waals surface area contributed by atoms with Crippen LogP contribution >= 0.6 is 0 Å². The number of nitrogens with one attached hydrogen (secondary N) is 1. The molecule has 0 atom stereocenters. The van der Waals surface area contributed by atoms with Gasteiger partial charge in [-0.3, -0.25) is 4.79 Å². The van der Waals surface area contributed by atoms with Crippen LogP contribution in [0, 0.1) is 0 Å². The highest BCUT2D eigenvalue weighted by Crippen LogP contribution is 2.25. The summed E-state index contributed by atoms with van der Waals surface area (Å²) in [6.45, 7) is 0. The predicted molar refractivity (Wildman–Crippen MR) is 84.0 cm³/mol. The summed E-state index contributed by atoms with van der Waals surface area (Å²) in [6, 6.07) is 19.1. The molecule has 1 aliphatic rings. The van der Waals surface area contributed by atoms with Gasteiger partial charge in [0.2, 0.25) is 0 Å². The average Bonchev–Trinajstić information content (AvgIpc) is 2.87.